The van der Waals surface area contributed by atoms with E-state index < -0.39 is 0 Å². The van der Waals surface area contributed by atoms with Crippen LogP contribution in [0.3, 0.4) is 0 Å². The summed E-state index contributed by atoms with van der Waals surface area (Å²) in [6.07, 6.45) is 7.76. The van der Waals surface area contributed by atoms with Gasteiger partial charge in [-0.25, -0.2) is 4.68 Å². The van der Waals surface area contributed by atoms with E-state index in [1.807, 2.05) is 23.1 Å². The first kappa shape index (κ1) is 15.4. The number of nitrogens with one attached hydrogen (secondary N) is 1. The monoisotopic (exact) mass is 357 g/mol. The molecule has 0 spiro atoms. The number of hydrogen-bond acceptors (Lipinski definition) is 4. The number of aromatic amines is 1. The highest BCUT2D eigenvalue weighted by molar-refractivity contribution is 6.32. The van der Waals surface area contributed by atoms with Crippen LogP contribution < -0.4 is 0 Å². The van der Waals surface area contributed by atoms with Crippen molar-refractivity contribution in [3.05, 3.63) is 41.3 Å². The fourth-order valence-corrected chi connectivity index (χ4v) is 4.28. The molecule has 4 heterocycles. The van der Waals surface area contributed by atoms with Gasteiger partial charge in [-0.2, -0.15) is 10.2 Å². The predicted octanol–water partition coefficient (Wildman–Crippen LogP) is 2.98. The quantitative estimate of drug-likeness (QED) is 0.783. The van der Waals surface area contributed by atoms with Crippen molar-refractivity contribution < 1.29 is 4.74 Å². The van der Waals surface area contributed by atoms with Gasteiger partial charge in [0.2, 0.25) is 0 Å². The fraction of sp³-hybridized carbons (Fsp3) is 0.444. The highest BCUT2D eigenvalue weighted by atomic mass is 35.5. The minimum Gasteiger partial charge on any atom is -0.378 e. The first-order valence-electron chi connectivity index (χ1n) is 8.78. The minimum atomic E-state index is 0.502. The van der Waals surface area contributed by atoms with Crippen LogP contribution in [0.5, 0.6) is 0 Å². The first-order chi connectivity index (χ1) is 12.3. The third kappa shape index (κ3) is 2.65. The maximum Gasteiger partial charge on any atom is 0.103 e. The normalized spacial score (nSPS) is 20.2. The van der Waals surface area contributed by atoms with Crippen molar-refractivity contribution in [2.45, 2.75) is 24.8 Å². The largest absolute Gasteiger partial charge is 0.378 e. The molecule has 0 amide bonds. The molecule has 0 aliphatic carbocycles. The van der Waals surface area contributed by atoms with Crippen LogP contribution in [0, 0.1) is 0 Å². The number of piperidine rings is 1. The van der Waals surface area contributed by atoms with Gasteiger partial charge in [-0.3, -0.25) is 10.00 Å². The Kier molecular flexibility index (Phi) is 3.77. The Balaban J connectivity index is 1.45. The first-order valence-corrected chi connectivity index (χ1v) is 9.15. The molecule has 2 aliphatic rings. The third-order valence-electron chi connectivity index (χ3n) is 5.52. The molecule has 130 valence electrons. The number of likely N-dealkylation sites (tertiary alicyclic amines) is 1. The Morgan fingerprint density at radius 1 is 1.16 bits per heavy atom. The number of ether oxygens (including phenoxy) is 1. The van der Waals surface area contributed by atoms with Crippen LogP contribution in [0.4, 0.5) is 0 Å². The van der Waals surface area contributed by atoms with E-state index in [9.17, 15) is 0 Å². The van der Waals surface area contributed by atoms with E-state index >= 15 is 0 Å². The SMILES string of the molecule is Clc1cc2cnn(-c3cn[nH]c3)c2cc1C1CCN(C2COC2)CC1. The average Bonchev–Trinajstić information content (AvgIpc) is 3.22. The second-order valence-electron chi connectivity index (χ2n) is 6.95. The summed E-state index contributed by atoms with van der Waals surface area (Å²) in [7, 11) is 0. The Morgan fingerprint density at radius 3 is 2.68 bits per heavy atom. The van der Waals surface area contributed by atoms with Crippen LogP contribution in [0.25, 0.3) is 16.6 Å². The van der Waals surface area contributed by atoms with Gasteiger partial charge in [0.05, 0.1) is 37.2 Å². The molecule has 2 saturated heterocycles. The summed E-state index contributed by atoms with van der Waals surface area (Å²) in [5.74, 6) is 0.502. The molecule has 1 aromatic carbocycles. The van der Waals surface area contributed by atoms with Crippen molar-refractivity contribution in [1.82, 2.24) is 24.9 Å². The molecule has 7 heteroatoms. The number of H-pyrrole nitrogens is 1. The van der Waals surface area contributed by atoms with Gasteiger partial charge in [0.1, 0.15) is 5.69 Å². The molecule has 3 aromatic rings. The van der Waals surface area contributed by atoms with Crippen LogP contribution in [0.2, 0.25) is 5.02 Å². The van der Waals surface area contributed by atoms with Crippen LogP contribution in [-0.4, -0.2) is 57.2 Å². The standard InChI is InChI=1S/C18H20ClN5O/c19-17-5-13-7-22-24(14-8-20-21-9-14)18(13)6-16(17)12-1-3-23(4-2-12)15-10-25-11-15/h5-9,12,15H,1-4,10-11H2,(H,20,21). The number of rotatable bonds is 3. The molecule has 0 radical (unpaired) electrons. The third-order valence-corrected chi connectivity index (χ3v) is 5.85. The van der Waals surface area contributed by atoms with Gasteiger partial charge in [-0.15, -0.1) is 0 Å². The van der Waals surface area contributed by atoms with Crippen LogP contribution in [0.1, 0.15) is 24.3 Å². The van der Waals surface area contributed by atoms with Crippen LogP contribution in [-0.2, 0) is 4.74 Å². The Hall–Kier alpha value is -1.89. The topological polar surface area (TPSA) is 59.0 Å². The Labute approximate surface area is 150 Å². The fourth-order valence-electron chi connectivity index (χ4n) is 3.95. The van der Waals surface area contributed by atoms with Crippen molar-refractivity contribution in [1.29, 1.82) is 0 Å². The summed E-state index contributed by atoms with van der Waals surface area (Å²) >= 11 is 6.62. The predicted molar refractivity (Wildman–Crippen MR) is 96.4 cm³/mol. The lowest BCUT2D eigenvalue weighted by atomic mass is 9.88. The number of benzene rings is 1. The molecule has 2 fully saturated rings. The number of hydrogen-bond donors (Lipinski definition) is 1. The molecular formula is C18H20ClN5O. The van der Waals surface area contributed by atoms with E-state index in [-0.39, 0.29) is 0 Å². The van der Waals surface area contributed by atoms with Gasteiger partial charge in [0.15, 0.2) is 0 Å². The van der Waals surface area contributed by atoms with Gasteiger partial charge in [-0.1, -0.05) is 11.6 Å². The second-order valence-corrected chi connectivity index (χ2v) is 7.35. The average molecular weight is 358 g/mol. The number of aromatic nitrogens is 4. The summed E-state index contributed by atoms with van der Waals surface area (Å²) in [6.45, 7) is 4.02. The van der Waals surface area contributed by atoms with E-state index in [4.69, 9.17) is 16.3 Å². The van der Waals surface area contributed by atoms with Gasteiger partial charge < -0.3 is 4.74 Å². The van der Waals surface area contributed by atoms with Gasteiger partial charge in [0.25, 0.3) is 0 Å². The lowest BCUT2D eigenvalue weighted by molar-refractivity contribution is -0.0712. The van der Waals surface area contributed by atoms with Crippen molar-refractivity contribution in [2.75, 3.05) is 26.3 Å². The van der Waals surface area contributed by atoms with E-state index in [1.54, 1.807) is 6.20 Å². The highest BCUT2D eigenvalue weighted by Crippen LogP contribution is 2.36. The summed E-state index contributed by atoms with van der Waals surface area (Å²) in [4.78, 5) is 2.56. The molecular weight excluding hydrogens is 338 g/mol. The molecule has 6 nitrogen and oxygen atoms in total. The van der Waals surface area contributed by atoms with Gasteiger partial charge in [0, 0.05) is 16.6 Å². The van der Waals surface area contributed by atoms with Crippen molar-refractivity contribution >= 4 is 22.5 Å². The number of halogens is 1. The molecule has 0 unspecified atom stereocenters. The van der Waals surface area contributed by atoms with Crippen molar-refractivity contribution in [3.63, 3.8) is 0 Å². The number of nitrogens with zero attached hydrogens (tertiary/aromatic N) is 4. The van der Waals surface area contributed by atoms with Crippen LogP contribution in [0.15, 0.2) is 30.7 Å². The summed E-state index contributed by atoms with van der Waals surface area (Å²) in [6, 6.07) is 4.88. The Morgan fingerprint density at radius 2 is 2.00 bits per heavy atom. The molecule has 0 atom stereocenters. The highest BCUT2D eigenvalue weighted by Gasteiger charge is 2.30. The summed E-state index contributed by atoms with van der Waals surface area (Å²) < 4.78 is 7.24. The van der Waals surface area contributed by atoms with Gasteiger partial charge in [-0.05, 0) is 49.5 Å². The van der Waals surface area contributed by atoms with E-state index in [0.29, 0.717) is 12.0 Å². The lowest BCUT2D eigenvalue weighted by Crippen LogP contribution is -2.51. The summed E-state index contributed by atoms with van der Waals surface area (Å²) in [5.41, 5.74) is 3.25. The zero-order valence-electron chi connectivity index (χ0n) is 13.9. The maximum absolute atomic E-state index is 6.62. The Bertz CT molecular complexity index is 878. The number of fused-ring (bicyclic) bond motifs is 1. The molecule has 25 heavy (non-hydrogen) atoms. The van der Waals surface area contributed by atoms with E-state index in [0.717, 1.165) is 60.8 Å². The van der Waals surface area contributed by atoms with Crippen molar-refractivity contribution in [2.24, 2.45) is 0 Å². The van der Waals surface area contributed by atoms with Gasteiger partial charge >= 0.3 is 0 Å². The smallest absolute Gasteiger partial charge is 0.103 e. The lowest BCUT2D eigenvalue weighted by Gasteiger charge is -2.41. The molecule has 2 aromatic heterocycles. The molecule has 0 bridgehead atoms. The molecule has 5 rings (SSSR count). The zero-order chi connectivity index (χ0) is 16.8. The molecule has 1 N–H and O–H groups in total. The maximum atomic E-state index is 6.62. The van der Waals surface area contributed by atoms with E-state index in [2.05, 4.69) is 26.3 Å². The molecule has 0 saturated carbocycles. The minimum absolute atomic E-state index is 0.502. The zero-order valence-corrected chi connectivity index (χ0v) is 14.6. The molecule has 2 aliphatic heterocycles. The van der Waals surface area contributed by atoms with Crippen LogP contribution >= 0.6 is 11.6 Å². The second kappa shape index (κ2) is 6.12. The van der Waals surface area contributed by atoms with Crippen molar-refractivity contribution in [3.8, 4) is 5.69 Å². The summed E-state index contributed by atoms with van der Waals surface area (Å²) in [5, 5.41) is 13.3. The van der Waals surface area contributed by atoms with E-state index in [1.165, 1.54) is 5.56 Å².